The summed E-state index contributed by atoms with van der Waals surface area (Å²) in [4.78, 5) is 23.5. The number of piperazine rings is 1. The van der Waals surface area contributed by atoms with Crippen LogP contribution in [0.2, 0.25) is 0 Å². The van der Waals surface area contributed by atoms with Crippen molar-refractivity contribution in [3.05, 3.63) is 54.0 Å². The van der Waals surface area contributed by atoms with E-state index in [0.717, 1.165) is 44.4 Å². The summed E-state index contributed by atoms with van der Waals surface area (Å²) >= 11 is 0. The summed E-state index contributed by atoms with van der Waals surface area (Å²) in [6, 6.07) is 11.9. The Morgan fingerprint density at radius 1 is 1.15 bits per heavy atom. The number of rotatable bonds is 8. The van der Waals surface area contributed by atoms with Crippen molar-refractivity contribution in [2.24, 2.45) is 4.99 Å². The summed E-state index contributed by atoms with van der Waals surface area (Å²) in [5.41, 5.74) is 1.21. The Hall–Kier alpha value is -2.27. The topological polar surface area (TPSA) is 73.5 Å². The molecule has 2 aromatic rings. The van der Waals surface area contributed by atoms with E-state index in [2.05, 4.69) is 46.1 Å². The van der Waals surface area contributed by atoms with Gasteiger partial charge in [0.2, 0.25) is 0 Å². The van der Waals surface area contributed by atoms with E-state index >= 15 is 0 Å². The maximum atomic E-state index is 12.5. The number of furan rings is 1. The van der Waals surface area contributed by atoms with E-state index in [1.807, 2.05) is 17.0 Å². The highest BCUT2D eigenvalue weighted by atomic mass is 127. The molecule has 2 heterocycles. The van der Waals surface area contributed by atoms with Crippen LogP contribution in [0.4, 0.5) is 0 Å². The van der Waals surface area contributed by atoms with Gasteiger partial charge < -0.3 is 24.3 Å². The van der Waals surface area contributed by atoms with Crippen LogP contribution in [-0.4, -0.2) is 86.5 Å². The molecule has 0 spiro atoms. The van der Waals surface area contributed by atoms with Crippen LogP contribution in [-0.2, 0) is 0 Å². The van der Waals surface area contributed by atoms with Crippen molar-refractivity contribution in [2.45, 2.75) is 19.9 Å². The van der Waals surface area contributed by atoms with E-state index in [4.69, 9.17) is 9.15 Å². The lowest BCUT2D eigenvalue weighted by molar-refractivity contribution is 0.0657. The molecule has 1 N–H and O–H groups in total. The first-order valence-corrected chi connectivity index (χ1v) is 11.3. The number of nitrogens with zero attached hydrogens (tertiary/aromatic N) is 4. The lowest BCUT2D eigenvalue weighted by atomic mass is 10.0. The van der Waals surface area contributed by atoms with Crippen molar-refractivity contribution >= 4 is 35.8 Å². The zero-order chi connectivity index (χ0) is 22.9. The molecule has 3 rings (SSSR count). The lowest BCUT2D eigenvalue weighted by Gasteiger charge is -2.37. The zero-order valence-electron chi connectivity index (χ0n) is 20.0. The van der Waals surface area contributed by atoms with Gasteiger partial charge in [-0.05, 0) is 42.9 Å². The molecule has 9 heteroatoms. The van der Waals surface area contributed by atoms with Gasteiger partial charge in [-0.2, -0.15) is 0 Å². The summed E-state index contributed by atoms with van der Waals surface area (Å²) < 4.78 is 10.7. The minimum Gasteiger partial charge on any atom is -0.497 e. The number of guanidine groups is 1. The Bertz CT molecular complexity index is 878. The van der Waals surface area contributed by atoms with Gasteiger partial charge in [0, 0.05) is 39.8 Å². The molecule has 0 saturated carbocycles. The van der Waals surface area contributed by atoms with Gasteiger partial charge in [-0.25, -0.2) is 0 Å². The van der Waals surface area contributed by atoms with Gasteiger partial charge in [0.25, 0.3) is 5.91 Å². The molecule has 1 aliphatic heterocycles. The van der Waals surface area contributed by atoms with Gasteiger partial charge in [-0.1, -0.05) is 26.0 Å². The highest BCUT2D eigenvalue weighted by Gasteiger charge is 2.26. The normalized spacial score (nSPS) is 15.2. The molecule has 1 fully saturated rings. The van der Waals surface area contributed by atoms with E-state index < -0.39 is 0 Å². The lowest BCUT2D eigenvalue weighted by Crippen LogP contribution is -2.54. The van der Waals surface area contributed by atoms with Crippen LogP contribution in [0.1, 0.15) is 36.0 Å². The monoisotopic (exact) mass is 569 g/mol. The van der Waals surface area contributed by atoms with E-state index in [1.165, 1.54) is 11.8 Å². The number of nitrogens with one attached hydrogen (secondary N) is 1. The van der Waals surface area contributed by atoms with Crippen LogP contribution in [0.25, 0.3) is 0 Å². The highest BCUT2D eigenvalue weighted by molar-refractivity contribution is 14.0. The van der Waals surface area contributed by atoms with Crippen molar-refractivity contribution in [1.29, 1.82) is 0 Å². The van der Waals surface area contributed by atoms with Crippen molar-refractivity contribution in [3.63, 3.8) is 0 Å². The molecule has 1 aromatic carbocycles. The zero-order valence-corrected chi connectivity index (χ0v) is 22.3. The molecule has 1 atom stereocenters. The smallest absolute Gasteiger partial charge is 0.289 e. The van der Waals surface area contributed by atoms with Gasteiger partial charge in [-0.3, -0.25) is 14.7 Å². The summed E-state index contributed by atoms with van der Waals surface area (Å²) in [5, 5.41) is 3.57. The average Bonchev–Trinajstić information content (AvgIpc) is 3.39. The number of methoxy groups -OCH3 is 1. The van der Waals surface area contributed by atoms with Crippen LogP contribution >= 0.6 is 24.0 Å². The van der Waals surface area contributed by atoms with Crippen molar-refractivity contribution in [1.82, 2.24) is 20.0 Å². The number of carbonyl (C=O) groups is 1. The number of amides is 1. The number of halogens is 1. The van der Waals surface area contributed by atoms with Crippen molar-refractivity contribution in [3.8, 4) is 5.75 Å². The number of benzene rings is 1. The SMILES string of the molecule is CCN(CC)C(CNC(=NC)N1CCN(C(=O)c2ccco2)CC1)c1cccc(OC)c1.I. The van der Waals surface area contributed by atoms with Gasteiger partial charge in [0.1, 0.15) is 5.75 Å². The van der Waals surface area contributed by atoms with E-state index in [0.29, 0.717) is 18.8 Å². The Kier molecular flexibility index (Phi) is 11.0. The van der Waals surface area contributed by atoms with Crippen LogP contribution in [0.3, 0.4) is 0 Å². The summed E-state index contributed by atoms with van der Waals surface area (Å²) in [6.07, 6.45) is 1.53. The maximum absolute atomic E-state index is 12.5. The molecule has 33 heavy (non-hydrogen) atoms. The molecule has 1 amide bonds. The highest BCUT2D eigenvalue weighted by Crippen LogP contribution is 2.24. The number of aliphatic imine (C=N–C) groups is 1. The minimum absolute atomic E-state index is 0. The van der Waals surface area contributed by atoms with Crippen molar-refractivity contribution in [2.75, 3.05) is 60.0 Å². The quantitative estimate of drug-likeness (QED) is 0.299. The predicted molar refractivity (Wildman–Crippen MR) is 142 cm³/mol. The van der Waals surface area contributed by atoms with Gasteiger partial charge in [0.15, 0.2) is 11.7 Å². The molecule has 0 aliphatic carbocycles. The molecule has 1 saturated heterocycles. The van der Waals surface area contributed by atoms with Gasteiger partial charge in [-0.15, -0.1) is 24.0 Å². The molecule has 0 radical (unpaired) electrons. The summed E-state index contributed by atoms with van der Waals surface area (Å²) in [6.45, 7) is 9.71. The molecule has 1 unspecified atom stereocenters. The third kappa shape index (κ3) is 6.86. The Morgan fingerprint density at radius 3 is 2.42 bits per heavy atom. The Labute approximate surface area is 214 Å². The first-order chi connectivity index (χ1) is 15.6. The first-order valence-electron chi connectivity index (χ1n) is 11.3. The Morgan fingerprint density at radius 2 is 1.85 bits per heavy atom. The summed E-state index contributed by atoms with van der Waals surface area (Å²) in [7, 11) is 3.50. The number of hydrogen-bond acceptors (Lipinski definition) is 5. The van der Waals surface area contributed by atoms with E-state index in [1.54, 1.807) is 26.3 Å². The van der Waals surface area contributed by atoms with Crippen molar-refractivity contribution < 1.29 is 13.9 Å². The maximum Gasteiger partial charge on any atom is 0.289 e. The van der Waals surface area contributed by atoms with Crippen LogP contribution < -0.4 is 10.1 Å². The first kappa shape index (κ1) is 27.0. The third-order valence-corrected chi connectivity index (χ3v) is 6.00. The second-order valence-corrected chi connectivity index (χ2v) is 7.70. The molecule has 1 aromatic heterocycles. The molecule has 0 bridgehead atoms. The molecular formula is C24H36IN5O3. The van der Waals surface area contributed by atoms with Crippen LogP contribution in [0.5, 0.6) is 5.75 Å². The molecule has 1 aliphatic rings. The van der Waals surface area contributed by atoms with Gasteiger partial charge >= 0.3 is 0 Å². The standard InChI is InChI=1S/C24H35N5O3.HI/c1-5-27(6-2)21(19-9-7-10-20(17-19)31-4)18-26-24(25-3)29-14-12-28(13-15-29)23(30)22-11-8-16-32-22;/h7-11,16-17,21H,5-6,12-15,18H2,1-4H3,(H,25,26);1H. The fourth-order valence-electron chi connectivity index (χ4n) is 4.17. The van der Waals surface area contributed by atoms with E-state index in [9.17, 15) is 4.79 Å². The minimum atomic E-state index is -0.0581. The number of likely N-dealkylation sites (N-methyl/N-ethyl adjacent to an activating group) is 1. The summed E-state index contributed by atoms with van der Waals surface area (Å²) in [5.74, 6) is 2.05. The third-order valence-electron chi connectivity index (χ3n) is 6.00. The van der Waals surface area contributed by atoms with Crippen LogP contribution in [0.15, 0.2) is 52.1 Å². The number of ether oxygens (including phenoxy) is 1. The largest absolute Gasteiger partial charge is 0.497 e. The predicted octanol–water partition coefficient (Wildman–Crippen LogP) is 3.32. The second-order valence-electron chi connectivity index (χ2n) is 7.70. The molecular weight excluding hydrogens is 533 g/mol. The average molecular weight is 569 g/mol. The number of hydrogen-bond donors (Lipinski definition) is 1. The fraction of sp³-hybridized carbons (Fsp3) is 0.500. The van der Waals surface area contributed by atoms with Crippen LogP contribution in [0, 0.1) is 0 Å². The second kappa shape index (κ2) is 13.4. The molecule has 8 nitrogen and oxygen atoms in total. The number of carbonyl (C=O) groups excluding carboxylic acids is 1. The van der Waals surface area contributed by atoms with Gasteiger partial charge in [0.05, 0.1) is 19.4 Å². The Balaban J connectivity index is 0.00000385. The van der Waals surface area contributed by atoms with E-state index in [-0.39, 0.29) is 35.9 Å². The molecule has 182 valence electrons. The fourth-order valence-corrected chi connectivity index (χ4v) is 4.17.